The maximum atomic E-state index is 10.6. The van der Waals surface area contributed by atoms with Crippen molar-refractivity contribution in [1.29, 1.82) is 0 Å². The summed E-state index contributed by atoms with van der Waals surface area (Å²) in [5, 5.41) is 0. The number of hydrogen-bond donors (Lipinski definition) is 2. The molecule has 0 aromatic carbocycles. The Morgan fingerprint density at radius 1 is 1.64 bits per heavy atom. The standard InChI is InChI=1S/C6H8N4O/c1-3-5(6(8)11)9-2-4(7)10-3/h2H,1H3,(H2,7,10)(H2,8,11). The van der Waals surface area contributed by atoms with Gasteiger partial charge in [0.05, 0.1) is 11.9 Å². The average Bonchev–Trinajstić information content (AvgIpc) is 1.85. The van der Waals surface area contributed by atoms with Crippen LogP contribution < -0.4 is 11.5 Å². The molecule has 0 aliphatic rings. The van der Waals surface area contributed by atoms with Gasteiger partial charge in [-0.25, -0.2) is 9.97 Å². The summed E-state index contributed by atoms with van der Waals surface area (Å²) in [6.07, 6.45) is 1.30. The topological polar surface area (TPSA) is 94.9 Å². The van der Waals surface area contributed by atoms with Crippen LogP contribution in [0.5, 0.6) is 0 Å². The lowest BCUT2D eigenvalue weighted by atomic mass is 10.3. The largest absolute Gasteiger partial charge is 0.382 e. The Labute approximate surface area is 63.4 Å². The number of nitrogens with two attached hydrogens (primary N) is 2. The molecule has 1 heterocycles. The van der Waals surface area contributed by atoms with Gasteiger partial charge in [0, 0.05) is 0 Å². The fraction of sp³-hybridized carbons (Fsp3) is 0.167. The summed E-state index contributed by atoms with van der Waals surface area (Å²) in [4.78, 5) is 18.1. The molecule has 5 nitrogen and oxygen atoms in total. The molecule has 11 heavy (non-hydrogen) atoms. The molecular weight excluding hydrogens is 144 g/mol. The van der Waals surface area contributed by atoms with Crippen LogP contribution in [0.2, 0.25) is 0 Å². The SMILES string of the molecule is Cc1nc(N)cnc1C(N)=O. The molecule has 58 valence electrons. The predicted octanol–water partition coefficient (Wildman–Crippen LogP) is -0.534. The summed E-state index contributed by atoms with van der Waals surface area (Å²) in [5.41, 5.74) is 10.9. The second-order valence-corrected chi connectivity index (χ2v) is 2.09. The molecule has 0 unspecified atom stereocenters. The van der Waals surface area contributed by atoms with Gasteiger partial charge in [0.2, 0.25) is 0 Å². The van der Waals surface area contributed by atoms with Crippen LogP contribution >= 0.6 is 0 Å². The Balaban J connectivity index is 3.20. The van der Waals surface area contributed by atoms with E-state index in [9.17, 15) is 4.79 Å². The third kappa shape index (κ3) is 1.43. The molecule has 0 atom stereocenters. The Morgan fingerprint density at radius 2 is 2.27 bits per heavy atom. The lowest BCUT2D eigenvalue weighted by Gasteiger charge is -1.98. The number of aromatic nitrogens is 2. The number of anilines is 1. The van der Waals surface area contributed by atoms with Crippen LogP contribution in [0, 0.1) is 6.92 Å². The smallest absolute Gasteiger partial charge is 0.269 e. The average molecular weight is 152 g/mol. The molecule has 5 heteroatoms. The van der Waals surface area contributed by atoms with E-state index in [1.54, 1.807) is 6.92 Å². The summed E-state index contributed by atoms with van der Waals surface area (Å²) in [7, 11) is 0. The molecule has 0 spiro atoms. The third-order valence-corrected chi connectivity index (χ3v) is 1.20. The van der Waals surface area contributed by atoms with Crippen LogP contribution in [-0.4, -0.2) is 15.9 Å². The Hall–Kier alpha value is -1.65. The summed E-state index contributed by atoms with van der Waals surface area (Å²) >= 11 is 0. The van der Waals surface area contributed by atoms with E-state index in [0.717, 1.165) is 0 Å². The molecule has 0 fully saturated rings. The van der Waals surface area contributed by atoms with E-state index in [0.29, 0.717) is 5.69 Å². The van der Waals surface area contributed by atoms with Gasteiger partial charge in [-0.05, 0) is 6.92 Å². The van der Waals surface area contributed by atoms with Gasteiger partial charge >= 0.3 is 0 Å². The first-order valence-corrected chi connectivity index (χ1v) is 3.00. The number of carbonyl (C=O) groups excluding carboxylic acids is 1. The lowest BCUT2D eigenvalue weighted by Crippen LogP contribution is -2.16. The van der Waals surface area contributed by atoms with Crippen molar-refractivity contribution in [3.63, 3.8) is 0 Å². The van der Waals surface area contributed by atoms with Gasteiger partial charge in [0.1, 0.15) is 11.5 Å². The minimum atomic E-state index is -0.588. The lowest BCUT2D eigenvalue weighted by molar-refractivity contribution is 0.0994. The first-order chi connectivity index (χ1) is 5.11. The molecular formula is C6H8N4O. The van der Waals surface area contributed by atoms with Crippen molar-refractivity contribution in [2.75, 3.05) is 5.73 Å². The maximum absolute atomic E-state index is 10.6. The molecule has 0 bridgehead atoms. The highest BCUT2D eigenvalue weighted by Crippen LogP contribution is 2.01. The van der Waals surface area contributed by atoms with Crippen molar-refractivity contribution in [1.82, 2.24) is 9.97 Å². The maximum Gasteiger partial charge on any atom is 0.269 e. The van der Waals surface area contributed by atoms with Crippen LogP contribution in [0.3, 0.4) is 0 Å². The molecule has 0 radical (unpaired) electrons. The van der Waals surface area contributed by atoms with Gasteiger partial charge in [-0.1, -0.05) is 0 Å². The van der Waals surface area contributed by atoms with Crippen LogP contribution in [0.4, 0.5) is 5.82 Å². The summed E-state index contributed by atoms with van der Waals surface area (Å²) in [6.45, 7) is 1.63. The molecule has 4 N–H and O–H groups in total. The van der Waals surface area contributed by atoms with E-state index in [2.05, 4.69) is 9.97 Å². The molecule has 0 saturated heterocycles. The highest BCUT2D eigenvalue weighted by Gasteiger charge is 2.06. The Bertz CT molecular complexity index is 297. The number of hydrogen-bond acceptors (Lipinski definition) is 4. The number of aryl methyl sites for hydroxylation is 1. The highest BCUT2D eigenvalue weighted by atomic mass is 16.1. The van der Waals surface area contributed by atoms with Crippen molar-refractivity contribution >= 4 is 11.7 Å². The monoisotopic (exact) mass is 152 g/mol. The van der Waals surface area contributed by atoms with Crippen molar-refractivity contribution in [2.24, 2.45) is 5.73 Å². The fourth-order valence-electron chi connectivity index (χ4n) is 0.741. The minimum absolute atomic E-state index is 0.166. The fourth-order valence-corrected chi connectivity index (χ4v) is 0.741. The normalized spacial score (nSPS) is 9.55. The van der Waals surface area contributed by atoms with Gasteiger partial charge in [0.15, 0.2) is 0 Å². The van der Waals surface area contributed by atoms with Gasteiger partial charge in [-0.3, -0.25) is 4.79 Å². The van der Waals surface area contributed by atoms with Crippen molar-refractivity contribution in [3.8, 4) is 0 Å². The van der Waals surface area contributed by atoms with Crippen molar-refractivity contribution in [3.05, 3.63) is 17.6 Å². The molecule has 1 rings (SSSR count). The number of nitrogen functional groups attached to an aromatic ring is 1. The zero-order valence-corrected chi connectivity index (χ0v) is 6.03. The second-order valence-electron chi connectivity index (χ2n) is 2.09. The van der Waals surface area contributed by atoms with Crippen LogP contribution in [0.15, 0.2) is 6.20 Å². The Morgan fingerprint density at radius 3 is 2.73 bits per heavy atom. The molecule has 0 saturated carbocycles. The number of carbonyl (C=O) groups is 1. The first kappa shape index (κ1) is 7.46. The molecule has 1 aromatic heterocycles. The molecule has 1 aromatic rings. The molecule has 0 aliphatic heterocycles. The van der Waals surface area contributed by atoms with E-state index in [1.165, 1.54) is 6.20 Å². The van der Waals surface area contributed by atoms with Crippen LogP contribution in [0.1, 0.15) is 16.2 Å². The predicted molar refractivity (Wildman–Crippen MR) is 39.7 cm³/mol. The first-order valence-electron chi connectivity index (χ1n) is 3.00. The minimum Gasteiger partial charge on any atom is -0.382 e. The zero-order valence-electron chi connectivity index (χ0n) is 6.03. The number of nitrogens with zero attached hydrogens (tertiary/aromatic N) is 2. The molecule has 0 aliphatic carbocycles. The second kappa shape index (κ2) is 2.53. The third-order valence-electron chi connectivity index (χ3n) is 1.20. The van der Waals surface area contributed by atoms with Crippen molar-refractivity contribution in [2.45, 2.75) is 6.92 Å². The van der Waals surface area contributed by atoms with Gasteiger partial charge < -0.3 is 11.5 Å². The van der Waals surface area contributed by atoms with Gasteiger partial charge in [-0.2, -0.15) is 0 Å². The highest BCUT2D eigenvalue weighted by molar-refractivity contribution is 5.91. The molecule has 1 amide bonds. The van der Waals surface area contributed by atoms with E-state index >= 15 is 0 Å². The van der Waals surface area contributed by atoms with Crippen molar-refractivity contribution < 1.29 is 4.79 Å². The van der Waals surface area contributed by atoms with E-state index in [1.807, 2.05) is 0 Å². The quantitative estimate of drug-likeness (QED) is 0.565. The Kier molecular flexibility index (Phi) is 1.72. The summed E-state index contributed by atoms with van der Waals surface area (Å²) in [6, 6.07) is 0. The zero-order chi connectivity index (χ0) is 8.43. The summed E-state index contributed by atoms with van der Waals surface area (Å²) < 4.78 is 0. The number of amides is 1. The number of rotatable bonds is 1. The van der Waals surface area contributed by atoms with E-state index in [4.69, 9.17) is 11.5 Å². The van der Waals surface area contributed by atoms with Crippen LogP contribution in [-0.2, 0) is 0 Å². The van der Waals surface area contributed by atoms with E-state index in [-0.39, 0.29) is 11.5 Å². The number of primary amides is 1. The van der Waals surface area contributed by atoms with Crippen LogP contribution in [0.25, 0.3) is 0 Å². The van der Waals surface area contributed by atoms with E-state index < -0.39 is 5.91 Å². The van der Waals surface area contributed by atoms with Gasteiger partial charge in [0.25, 0.3) is 5.91 Å². The summed E-state index contributed by atoms with van der Waals surface area (Å²) in [5.74, 6) is -0.303. The van der Waals surface area contributed by atoms with Gasteiger partial charge in [-0.15, -0.1) is 0 Å².